The molecule has 0 bridgehead atoms. The minimum Gasteiger partial charge on any atom is -0.384 e. The summed E-state index contributed by atoms with van der Waals surface area (Å²) in [7, 11) is -3.36. The molecular weight excluding hydrogens is 274 g/mol. The summed E-state index contributed by atoms with van der Waals surface area (Å²) in [6.07, 6.45) is 3.50. The highest BCUT2D eigenvalue weighted by atomic mass is 32.2. The Bertz CT molecular complexity index is 536. The molecule has 5 nitrogen and oxygen atoms in total. The van der Waals surface area contributed by atoms with E-state index in [0.717, 1.165) is 25.2 Å². The van der Waals surface area contributed by atoms with Crippen molar-refractivity contribution >= 4 is 15.7 Å². The summed E-state index contributed by atoms with van der Waals surface area (Å²) in [6.45, 7) is 3.79. The van der Waals surface area contributed by atoms with Gasteiger partial charge in [0.15, 0.2) is 0 Å². The molecule has 6 heteroatoms. The molecule has 0 unspecified atom stereocenters. The zero-order valence-electron chi connectivity index (χ0n) is 11.9. The van der Waals surface area contributed by atoms with Gasteiger partial charge in [0.25, 0.3) is 0 Å². The van der Waals surface area contributed by atoms with Crippen LogP contribution in [0.4, 0.5) is 5.69 Å². The topological polar surface area (TPSA) is 84.2 Å². The first kappa shape index (κ1) is 15.3. The number of hydrogen-bond donors (Lipinski definition) is 3. The number of sulfonamides is 1. The number of anilines is 1. The van der Waals surface area contributed by atoms with Crippen LogP contribution in [-0.4, -0.2) is 28.1 Å². The highest BCUT2D eigenvalue weighted by Gasteiger charge is 2.41. The molecule has 2 rings (SSSR count). The van der Waals surface area contributed by atoms with Crippen LogP contribution in [-0.2, 0) is 10.0 Å². The smallest absolute Gasteiger partial charge is 0.240 e. The molecule has 0 radical (unpaired) electrons. The highest BCUT2D eigenvalue weighted by molar-refractivity contribution is 7.89. The second-order valence-corrected chi connectivity index (χ2v) is 7.18. The van der Waals surface area contributed by atoms with E-state index in [0.29, 0.717) is 16.9 Å². The fourth-order valence-electron chi connectivity index (χ4n) is 2.31. The van der Waals surface area contributed by atoms with Gasteiger partial charge in [-0.2, -0.15) is 0 Å². The van der Waals surface area contributed by atoms with Gasteiger partial charge in [0.05, 0.1) is 4.90 Å². The highest BCUT2D eigenvalue weighted by Crippen LogP contribution is 2.48. The Morgan fingerprint density at radius 2 is 1.90 bits per heavy atom. The van der Waals surface area contributed by atoms with Gasteiger partial charge in [0.1, 0.15) is 0 Å². The largest absolute Gasteiger partial charge is 0.384 e. The van der Waals surface area contributed by atoms with Gasteiger partial charge in [-0.3, -0.25) is 0 Å². The fourth-order valence-corrected chi connectivity index (χ4v) is 3.35. The van der Waals surface area contributed by atoms with Gasteiger partial charge in [-0.1, -0.05) is 6.92 Å². The van der Waals surface area contributed by atoms with Crippen LogP contribution in [0, 0.1) is 5.41 Å². The van der Waals surface area contributed by atoms with Gasteiger partial charge in [0, 0.05) is 18.8 Å². The van der Waals surface area contributed by atoms with Crippen molar-refractivity contribution < 1.29 is 8.42 Å². The first-order valence-electron chi connectivity index (χ1n) is 7.05. The van der Waals surface area contributed by atoms with Crippen molar-refractivity contribution in [3.8, 4) is 0 Å². The third-order valence-corrected chi connectivity index (χ3v) is 5.36. The maximum atomic E-state index is 11.8. The van der Waals surface area contributed by atoms with E-state index in [-0.39, 0.29) is 0 Å². The zero-order valence-corrected chi connectivity index (χ0v) is 12.7. The Morgan fingerprint density at radius 3 is 2.40 bits per heavy atom. The number of nitrogens with one attached hydrogen (secondary N) is 2. The first-order chi connectivity index (χ1) is 9.51. The molecule has 0 heterocycles. The van der Waals surface area contributed by atoms with Crippen molar-refractivity contribution in [3.63, 3.8) is 0 Å². The molecule has 1 aliphatic carbocycles. The summed E-state index contributed by atoms with van der Waals surface area (Å²) in [4.78, 5) is 0.299. The van der Waals surface area contributed by atoms with Gasteiger partial charge in [0.2, 0.25) is 10.0 Å². The van der Waals surface area contributed by atoms with Crippen LogP contribution in [0.25, 0.3) is 0 Å². The van der Waals surface area contributed by atoms with E-state index < -0.39 is 10.0 Å². The van der Waals surface area contributed by atoms with Gasteiger partial charge in [-0.25, -0.2) is 13.1 Å². The number of rotatable bonds is 8. The van der Waals surface area contributed by atoms with Crippen molar-refractivity contribution in [2.45, 2.75) is 31.1 Å². The Hall–Kier alpha value is -1.11. The number of nitrogens with two attached hydrogens (primary N) is 1. The quantitative estimate of drug-likeness (QED) is 0.679. The molecule has 20 heavy (non-hydrogen) atoms. The average molecular weight is 297 g/mol. The van der Waals surface area contributed by atoms with Crippen molar-refractivity contribution in [3.05, 3.63) is 24.3 Å². The molecule has 0 atom stereocenters. The third kappa shape index (κ3) is 3.71. The standard InChI is InChI=1S/C14H23N3O2S/c1-2-17-20(18,19)13-5-3-12(4-6-13)16-11-14(7-8-14)9-10-15/h3-6,16-17H,2,7-11,15H2,1H3. The maximum Gasteiger partial charge on any atom is 0.240 e. The van der Waals surface area contributed by atoms with Crippen molar-refractivity contribution in [2.24, 2.45) is 11.1 Å². The summed E-state index contributed by atoms with van der Waals surface area (Å²) in [5.74, 6) is 0. The number of benzene rings is 1. The van der Waals surface area contributed by atoms with E-state index in [2.05, 4.69) is 10.0 Å². The van der Waals surface area contributed by atoms with Crippen LogP contribution in [0.3, 0.4) is 0 Å². The Kier molecular flexibility index (Phi) is 4.67. The predicted octanol–water partition coefficient (Wildman–Crippen LogP) is 1.53. The fraction of sp³-hybridized carbons (Fsp3) is 0.571. The minimum absolute atomic E-state index is 0.299. The van der Waals surface area contributed by atoms with Crippen LogP contribution in [0.5, 0.6) is 0 Å². The molecule has 0 aromatic heterocycles. The molecule has 4 N–H and O–H groups in total. The van der Waals surface area contributed by atoms with Gasteiger partial charge in [-0.05, 0) is 55.5 Å². The molecule has 1 aliphatic rings. The first-order valence-corrected chi connectivity index (χ1v) is 8.53. The maximum absolute atomic E-state index is 11.8. The summed E-state index contributed by atoms with van der Waals surface area (Å²) in [5, 5.41) is 3.37. The van der Waals surface area contributed by atoms with E-state index in [4.69, 9.17) is 5.73 Å². The second-order valence-electron chi connectivity index (χ2n) is 5.42. The molecule has 112 valence electrons. The summed E-state index contributed by atoms with van der Waals surface area (Å²) >= 11 is 0. The van der Waals surface area contributed by atoms with E-state index in [9.17, 15) is 8.42 Å². The summed E-state index contributed by atoms with van der Waals surface area (Å²) in [5.41, 5.74) is 6.93. The monoisotopic (exact) mass is 297 g/mol. The average Bonchev–Trinajstić information content (AvgIpc) is 3.18. The van der Waals surface area contributed by atoms with Gasteiger partial charge in [-0.15, -0.1) is 0 Å². The SMILES string of the molecule is CCNS(=O)(=O)c1ccc(NCC2(CCN)CC2)cc1. The van der Waals surface area contributed by atoms with Crippen LogP contribution in [0.2, 0.25) is 0 Å². The lowest BCUT2D eigenvalue weighted by Crippen LogP contribution is -2.23. The Labute approximate surface area is 121 Å². The molecule has 0 aliphatic heterocycles. The third-order valence-electron chi connectivity index (χ3n) is 3.80. The molecule has 1 saturated carbocycles. The zero-order chi connectivity index (χ0) is 14.6. The van der Waals surface area contributed by atoms with Crippen LogP contribution < -0.4 is 15.8 Å². The predicted molar refractivity (Wildman–Crippen MR) is 81.1 cm³/mol. The van der Waals surface area contributed by atoms with Crippen molar-refractivity contribution in [1.82, 2.24) is 4.72 Å². The molecular formula is C14H23N3O2S. The van der Waals surface area contributed by atoms with E-state index >= 15 is 0 Å². The molecule has 0 saturated heterocycles. The molecule has 0 amide bonds. The summed E-state index contributed by atoms with van der Waals surface area (Å²) < 4.78 is 26.1. The van der Waals surface area contributed by atoms with Crippen LogP contribution in [0.1, 0.15) is 26.2 Å². The van der Waals surface area contributed by atoms with Crippen molar-refractivity contribution in [1.29, 1.82) is 0 Å². The normalized spacial score (nSPS) is 16.9. The number of hydrogen-bond acceptors (Lipinski definition) is 4. The second kappa shape index (κ2) is 6.11. The van der Waals surface area contributed by atoms with E-state index in [1.54, 1.807) is 19.1 Å². The lowest BCUT2D eigenvalue weighted by atomic mass is 10.0. The van der Waals surface area contributed by atoms with Gasteiger partial charge < -0.3 is 11.1 Å². The van der Waals surface area contributed by atoms with E-state index in [1.165, 1.54) is 12.8 Å². The van der Waals surface area contributed by atoms with Crippen molar-refractivity contribution in [2.75, 3.05) is 25.0 Å². The molecule has 1 aromatic carbocycles. The molecule has 1 fully saturated rings. The Morgan fingerprint density at radius 1 is 1.25 bits per heavy atom. The van der Waals surface area contributed by atoms with Crippen LogP contribution >= 0.6 is 0 Å². The van der Waals surface area contributed by atoms with E-state index in [1.807, 2.05) is 12.1 Å². The minimum atomic E-state index is -3.36. The summed E-state index contributed by atoms with van der Waals surface area (Å²) in [6, 6.07) is 6.87. The lowest BCUT2D eigenvalue weighted by Gasteiger charge is -2.16. The molecule has 1 aromatic rings. The Balaban J connectivity index is 1.95. The molecule has 0 spiro atoms. The van der Waals surface area contributed by atoms with Crippen LogP contribution in [0.15, 0.2) is 29.2 Å². The van der Waals surface area contributed by atoms with Gasteiger partial charge >= 0.3 is 0 Å². The lowest BCUT2D eigenvalue weighted by molar-refractivity contribution is 0.501.